The van der Waals surface area contributed by atoms with Crippen LogP contribution >= 0.6 is 0 Å². The predicted octanol–water partition coefficient (Wildman–Crippen LogP) is 0.617. The second-order valence-corrected chi connectivity index (χ2v) is 4.46. The highest BCUT2D eigenvalue weighted by Crippen LogP contribution is 2.25. The normalized spacial score (nSPS) is 22.0. The maximum absolute atomic E-state index is 10.9. The van der Waals surface area contributed by atoms with E-state index in [9.17, 15) is 10.1 Å². The van der Waals surface area contributed by atoms with E-state index in [2.05, 4.69) is 10.3 Å². The standard InChI is InChI=1S/C12H14N4O4/c1-8-4-14-6-10(20-8)7-19-12-11(16(17)18)2-9(3-13)5-15-12/h2,5,8,10,14H,4,6-7H2,1H3. The third kappa shape index (κ3) is 3.40. The third-order valence-electron chi connectivity index (χ3n) is 2.79. The summed E-state index contributed by atoms with van der Waals surface area (Å²) in [4.78, 5) is 14.1. The van der Waals surface area contributed by atoms with Crippen LogP contribution in [-0.2, 0) is 4.74 Å². The summed E-state index contributed by atoms with van der Waals surface area (Å²) >= 11 is 0. The summed E-state index contributed by atoms with van der Waals surface area (Å²) in [6.45, 7) is 3.48. The molecular formula is C12H14N4O4. The van der Waals surface area contributed by atoms with Crippen LogP contribution in [0.3, 0.4) is 0 Å². The van der Waals surface area contributed by atoms with Gasteiger partial charge in [-0.05, 0) is 6.92 Å². The Balaban J connectivity index is 2.05. The number of rotatable bonds is 4. The van der Waals surface area contributed by atoms with Crippen LogP contribution in [0.5, 0.6) is 5.88 Å². The second-order valence-electron chi connectivity index (χ2n) is 4.46. The van der Waals surface area contributed by atoms with E-state index in [4.69, 9.17) is 14.7 Å². The lowest BCUT2D eigenvalue weighted by molar-refractivity contribution is -0.386. The molecule has 0 radical (unpaired) electrons. The smallest absolute Gasteiger partial charge is 0.332 e. The van der Waals surface area contributed by atoms with E-state index in [1.165, 1.54) is 6.20 Å². The SMILES string of the molecule is CC1CNCC(COc2ncc(C#N)cc2[N+](=O)[O-])O1. The molecule has 0 aliphatic carbocycles. The van der Waals surface area contributed by atoms with E-state index in [1.54, 1.807) is 6.07 Å². The molecule has 0 saturated carbocycles. The molecule has 0 amide bonds. The molecule has 0 bridgehead atoms. The lowest BCUT2D eigenvalue weighted by atomic mass is 10.2. The molecule has 1 aliphatic rings. The van der Waals surface area contributed by atoms with Crippen molar-refractivity contribution in [2.45, 2.75) is 19.1 Å². The molecule has 106 valence electrons. The topological polar surface area (TPSA) is 110 Å². The summed E-state index contributed by atoms with van der Waals surface area (Å²) in [6, 6.07) is 2.95. The number of nitro groups is 1. The van der Waals surface area contributed by atoms with Gasteiger partial charge in [-0.3, -0.25) is 10.1 Å². The molecule has 0 aromatic carbocycles. The van der Waals surface area contributed by atoms with Gasteiger partial charge >= 0.3 is 5.69 Å². The molecule has 2 atom stereocenters. The van der Waals surface area contributed by atoms with Crippen molar-refractivity contribution in [3.05, 3.63) is 27.9 Å². The minimum Gasteiger partial charge on any atom is -0.470 e. The fourth-order valence-electron chi connectivity index (χ4n) is 1.89. The first-order valence-electron chi connectivity index (χ1n) is 6.13. The Labute approximate surface area is 115 Å². The monoisotopic (exact) mass is 278 g/mol. The summed E-state index contributed by atoms with van der Waals surface area (Å²) in [5, 5.41) is 22.8. The fourth-order valence-corrected chi connectivity index (χ4v) is 1.89. The van der Waals surface area contributed by atoms with Crippen LogP contribution in [0.25, 0.3) is 0 Å². The van der Waals surface area contributed by atoms with Crippen LogP contribution in [0.15, 0.2) is 12.3 Å². The maximum Gasteiger partial charge on any atom is 0.332 e. The molecule has 2 heterocycles. The van der Waals surface area contributed by atoms with Crippen molar-refractivity contribution >= 4 is 5.69 Å². The van der Waals surface area contributed by atoms with Crippen molar-refractivity contribution < 1.29 is 14.4 Å². The highest BCUT2D eigenvalue weighted by molar-refractivity contribution is 5.46. The van der Waals surface area contributed by atoms with Crippen molar-refractivity contribution in [1.29, 1.82) is 5.26 Å². The Morgan fingerprint density at radius 1 is 1.70 bits per heavy atom. The number of nitriles is 1. The molecular weight excluding hydrogens is 264 g/mol. The minimum absolute atomic E-state index is 0.0706. The molecule has 1 N–H and O–H groups in total. The molecule has 1 aliphatic heterocycles. The largest absolute Gasteiger partial charge is 0.470 e. The van der Waals surface area contributed by atoms with Crippen molar-refractivity contribution in [3.8, 4) is 11.9 Å². The van der Waals surface area contributed by atoms with Gasteiger partial charge in [-0.1, -0.05) is 0 Å². The van der Waals surface area contributed by atoms with Crippen LogP contribution in [0.4, 0.5) is 5.69 Å². The quantitative estimate of drug-likeness (QED) is 0.634. The number of nitrogens with one attached hydrogen (secondary N) is 1. The number of aromatic nitrogens is 1. The number of hydrogen-bond donors (Lipinski definition) is 1. The predicted molar refractivity (Wildman–Crippen MR) is 68.3 cm³/mol. The van der Waals surface area contributed by atoms with Gasteiger partial charge in [0, 0.05) is 25.4 Å². The summed E-state index contributed by atoms with van der Waals surface area (Å²) in [5.41, 5.74) is -0.200. The van der Waals surface area contributed by atoms with Crippen molar-refractivity contribution in [2.75, 3.05) is 19.7 Å². The van der Waals surface area contributed by atoms with Gasteiger partial charge in [0.05, 0.1) is 16.6 Å². The number of morpholine rings is 1. The fraction of sp³-hybridized carbons (Fsp3) is 0.500. The molecule has 1 aromatic rings. The average molecular weight is 278 g/mol. The molecule has 2 rings (SSSR count). The first kappa shape index (κ1) is 14.2. The van der Waals surface area contributed by atoms with Crippen molar-refractivity contribution in [3.63, 3.8) is 0 Å². The Kier molecular flexibility index (Phi) is 4.45. The van der Waals surface area contributed by atoms with E-state index in [0.717, 1.165) is 12.6 Å². The van der Waals surface area contributed by atoms with Gasteiger partial charge in [0.1, 0.15) is 18.8 Å². The molecule has 8 heteroatoms. The Hall–Kier alpha value is -2.24. The highest BCUT2D eigenvalue weighted by Gasteiger charge is 2.23. The summed E-state index contributed by atoms with van der Waals surface area (Å²) in [5.74, 6) is -0.101. The highest BCUT2D eigenvalue weighted by atomic mass is 16.6. The average Bonchev–Trinajstić information content (AvgIpc) is 2.45. The first-order valence-corrected chi connectivity index (χ1v) is 6.13. The Bertz CT molecular complexity index is 543. The number of ether oxygens (including phenoxy) is 2. The van der Waals surface area contributed by atoms with Gasteiger partial charge in [-0.15, -0.1) is 0 Å². The van der Waals surface area contributed by atoms with Crippen LogP contribution in [0.1, 0.15) is 12.5 Å². The number of nitrogens with zero attached hydrogens (tertiary/aromatic N) is 3. The van der Waals surface area contributed by atoms with E-state index in [-0.39, 0.29) is 35.9 Å². The van der Waals surface area contributed by atoms with E-state index in [0.29, 0.717) is 6.54 Å². The Morgan fingerprint density at radius 3 is 3.15 bits per heavy atom. The number of pyridine rings is 1. The van der Waals surface area contributed by atoms with E-state index in [1.807, 2.05) is 6.92 Å². The Morgan fingerprint density at radius 2 is 2.50 bits per heavy atom. The van der Waals surface area contributed by atoms with Gasteiger partial charge in [-0.2, -0.15) is 5.26 Å². The summed E-state index contributed by atoms with van der Waals surface area (Å²) in [7, 11) is 0. The maximum atomic E-state index is 10.9. The minimum atomic E-state index is -0.619. The summed E-state index contributed by atoms with van der Waals surface area (Å²) in [6.07, 6.45) is 1.13. The van der Waals surface area contributed by atoms with Crippen LogP contribution in [0, 0.1) is 21.4 Å². The lowest BCUT2D eigenvalue weighted by Crippen LogP contribution is -2.45. The van der Waals surface area contributed by atoms with Crippen LogP contribution in [0.2, 0.25) is 0 Å². The molecule has 0 spiro atoms. The zero-order chi connectivity index (χ0) is 14.5. The van der Waals surface area contributed by atoms with Gasteiger partial charge in [-0.25, -0.2) is 4.98 Å². The lowest BCUT2D eigenvalue weighted by Gasteiger charge is -2.28. The van der Waals surface area contributed by atoms with E-state index < -0.39 is 4.92 Å². The van der Waals surface area contributed by atoms with Gasteiger partial charge < -0.3 is 14.8 Å². The molecule has 2 unspecified atom stereocenters. The van der Waals surface area contributed by atoms with Gasteiger partial charge in [0.25, 0.3) is 5.88 Å². The zero-order valence-electron chi connectivity index (χ0n) is 10.9. The second kappa shape index (κ2) is 6.27. The van der Waals surface area contributed by atoms with Gasteiger partial charge in [0.2, 0.25) is 0 Å². The molecule has 8 nitrogen and oxygen atoms in total. The van der Waals surface area contributed by atoms with Gasteiger partial charge in [0.15, 0.2) is 0 Å². The number of hydrogen-bond acceptors (Lipinski definition) is 7. The molecule has 1 saturated heterocycles. The summed E-state index contributed by atoms with van der Waals surface area (Å²) < 4.78 is 11.0. The first-order chi connectivity index (χ1) is 9.60. The molecule has 1 aromatic heterocycles. The molecule has 1 fully saturated rings. The third-order valence-corrected chi connectivity index (χ3v) is 2.79. The van der Waals surface area contributed by atoms with Crippen LogP contribution < -0.4 is 10.1 Å². The zero-order valence-corrected chi connectivity index (χ0v) is 10.9. The van der Waals surface area contributed by atoms with E-state index >= 15 is 0 Å². The van der Waals surface area contributed by atoms with Crippen LogP contribution in [-0.4, -0.2) is 41.8 Å². The molecule has 20 heavy (non-hydrogen) atoms. The van der Waals surface area contributed by atoms with Crippen molar-refractivity contribution in [2.24, 2.45) is 0 Å². The van der Waals surface area contributed by atoms with Crippen molar-refractivity contribution in [1.82, 2.24) is 10.3 Å².